The average Bonchev–Trinajstić information content (AvgIpc) is 1.75. The van der Waals surface area contributed by atoms with Crippen molar-refractivity contribution < 1.29 is 14.4 Å². The third-order valence-corrected chi connectivity index (χ3v) is 0. The van der Waals surface area contributed by atoms with Gasteiger partial charge in [0.05, 0.1) is 0 Å². The van der Waals surface area contributed by atoms with Crippen molar-refractivity contribution >= 4 is 8.25 Å². The van der Waals surface area contributed by atoms with Crippen LogP contribution in [0.2, 0.25) is 0 Å². The molecule has 5 heteroatoms. The van der Waals surface area contributed by atoms with E-state index in [-0.39, 0.29) is 0 Å². The Labute approximate surface area is 49.6 Å². The summed E-state index contributed by atoms with van der Waals surface area (Å²) in [6.07, 6.45) is 0. The number of hydrogen-bond acceptors (Lipinski definition) is 2. The van der Waals surface area contributed by atoms with Crippen LogP contribution in [-0.2, 0) is 4.57 Å². The summed E-state index contributed by atoms with van der Waals surface area (Å²) in [7, 11) is -1.37. The number of nitrogens with two attached hydrogens (primary N) is 1. The quantitative estimate of drug-likeness (QED) is 0.327. The Bertz CT molecular complexity index is 45.8. The lowest BCUT2D eigenvalue weighted by molar-refractivity contribution is 0.405. The van der Waals surface area contributed by atoms with Crippen molar-refractivity contribution in [1.29, 1.82) is 0 Å². The third kappa shape index (κ3) is 1630. The van der Waals surface area contributed by atoms with Gasteiger partial charge in [-0.2, -0.15) is 0 Å². The zero-order valence-corrected chi connectivity index (χ0v) is 5.64. The molecular formula is C3H11NO3P+. The van der Waals surface area contributed by atoms with E-state index in [1.165, 1.54) is 7.05 Å². The molecule has 0 amide bonds. The molecule has 4 nitrogen and oxygen atoms in total. The van der Waals surface area contributed by atoms with E-state index in [9.17, 15) is 0 Å². The fraction of sp³-hybridized carbons (Fsp3) is 0.333. The second-order valence-electron chi connectivity index (χ2n) is 0.253. The Balaban J connectivity index is -0.0000000542. The smallest absolute Gasteiger partial charge is 0.333 e. The molecule has 0 atom stereocenters. The van der Waals surface area contributed by atoms with Gasteiger partial charge in [0, 0.05) is 4.57 Å². The zero-order valence-electron chi connectivity index (χ0n) is 4.74. The highest BCUT2D eigenvalue weighted by molar-refractivity contribution is 7.30. The highest BCUT2D eigenvalue weighted by Gasteiger charge is 1.93. The molecule has 0 rings (SSSR count). The highest BCUT2D eigenvalue weighted by atomic mass is 31.1. The maximum absolute atomic E-state index is 8.70. The molecule has 0 aromatic heterocycles. The van der Waals surface area contributed by atoms with Crippen molar-refractivity contribution in [3.8, 4) is 0 Å². The summed E-state index contributed by atoms with van der Waals surface area (Å²) in [5.74, 6) is 0. The minimum absolute atomic E-state index is 1.50. The van der Waals surface area contributed by atoms with Gasteiger partial charge in [0.1, 0.15) is 0 Å². The Hall–Kier alpha value is -0.280. The molecular weight excluding hydrogens is 129 g/mol. The molecule has 0 aromatic carbocycles. The second kappa shape index (κ2) is 29.7. The summed E-state index contributed by atoms with van der Waals surface area (Å²) in [6, 6.07) is 0. The monoisotopic (exact) mass is 140 g/mol. The molecule has 4 N–H and O–H groups in total. The molecule has 0 bridgehead atoms. The van der Waals surface area contributed by atoms with Crippen LogP contribution in [0.4, 0.5) is 0 Å². The van der Waals surface area contributed by atoms with E-state index in [1.54, 1.807) is 0 Å². The minimum Gasteiger partial charge on any atom is -0.333 e. The van der Waals surface area contributed by atoms with Crippen LogP contribution in [-0.4, -0.2) is 16.8 Å². The van der Waals surface area contributed by atoms with Crippen LogP contribution in [0, 0.1) is 0 Å². The predicted octanol–water partition coefficient (Wildman–Crippen LogP) is 0.00550. The fourth-order valence-electron chi connectivity index (χ4n) is 0. The zero-order chi connectivity index (χ0) is 7.58. The molecule has 0 aliphatic heterocycles. The normalized spacial score (nSPS) is 4.50. The first-order valence-electron chi connectivity index (χ1n) is 1.66. The Morgan fingerprint density at radius 1 is 1.38 bits per heavy atom. The maximum atomic E-state index is 8.70. The largest absolute Gasteiger partial charge is 0.692 e. The summed E-state index contributed by atoms with van der Waals surface area (Å²) >= 11 is 0. The van der Waals surface area contributed by atoms with E-state index in [4.69, 9.17) is 14.4 Å². The summed E-state index contributed by atoms with van der Waals surface area (Å²) < 4.78 is 8.70. The molecule has 0 saturated heterocycles. The fourth-order valence-corrected chi connectivity index (χ4v) is 0. The van der Waals surface area contributed by atoms with Crippen LogP contribution < -0.4 is 5.73 Å². The molecule has 8 heavy (non-hydrogen) atoms. The van der Waals surface area contributed by atoms with Crippen molar-refractivity contribution in [3.63, 3.8) is 0 Å². The van der Waals surface area contributed by atoms with Gasteiger partial charge in [0.2, 0.25) is 0 Å². The highest BCUT2D eigenvalue weighted by Crippen LogP contribution is 1.98. The van der Waals surface area contributed by atoms with E-state index in [1.807, 2.05) is 0 Å². The minimum atomic E-state index is -2.87. The van der Waals surface area contributed by atoms with Crippen molar-refractivity contribution in [2.45, 2.75) is 0 Å². The molecule has 0 aromatic rings. The Morgan fingerprint density at radius 2 is 1.38 bits per heavy atom. The molecule has 0 aliphatic rings. The number of hydrogen-bond donors (Lipinski definition) is 3. The van der Waals surface area contributed by atoms with Crippen molar-refractivity contribution in [1.82, 2.24) is 0 Å². The standard InChI is InChI=1S/C2H4.CH5N.HO3P/c2*1-2;1-4(2)3/h1-2H2;2H2,1H3;(H-,1,2,3)/p+1. The maximum Gasteiger partial charge on any atom is 0.692 e. The Kier molecular flexibility index (Phi) is 58.1. The first kappa shape index (κ1) is 15.6. The van der Waals surface area contributed by atoms with Gasteiger partial charge < -0.3 is 5.73 Å². The van der Waals surface area contributed by atoms with Gasteiger partial charge >= 0.3 is 8.25 Å². The van der Waals surface area contributed by atoms with E-state index in [2.05, 4.69) is 18.9 Å². The second-order valence-corrected chi connectivity index (χ2v) is 0.758. The summed E-state index contributed by atoms with van der Waals surface area (Å²) in [5, 5.41) is 0. The van der Waals surface area contributed by atoms with Gasteiger partial charge in [-0.05, 0) is 7.05 Å². The van der Waals surface area contributed by atoms with Crippen LogP contribution in [0.25, 0.3) is 0 Å². The molecule has 0 saturated carbocycles. The van der Waals surface area contributed by atoms with Crippen molar-refractivity contribution in [3.05, 3.63) is 13.2 Å². The third-order valence-electron chi connectivity index (χ3n) is 0. The SMILES string of the molecule is C=C.CN.O=[P+](O)O. The van der Waals surface area contributed by atoms with Gasteiger partial charge in [-0.3, -0.25) is 0 Å². The van der Waals surface area contributed by atoms with Crippen LogP contribution in [0.5, 0.6) is 0 Å². The lowest BCUT2D eigenvalue weighted by Gasteiger charge is -1.34. The van der Waals surface area contributed by atoms with Crippen molar-refractivity contribution in [2.75, 3.05) is 7.05 Å². The van der Waals surface area contributed by atoms with Crippen LogP contribution in [0.3, 0.4) is 0 Å². The average molecular weight is 140 g/mol. The van der Waals surface area contributed by atoms with Crippen LogP contribution in [0.15, 0.2) is 13.2 Å². The van der Waals surface area contributed by atoms with E-state index < -0.39 is 8.25 Å². The topological polar surface area (TPSA) is 83.6 Å². The van der Waals surface area contributed by atoms with Gasteiger partial charge in [-0.15, -0.1) is 22.9 Å². The Morgan fingerprint density at radius 3 is 1.38 bits per heavy atom. The van der Waals surface area contributed by atoms with Crippen molar-refractivity contribution in [2.24, 2.45) is 5.73 Å². The molecule has 0 radical (unpaired) electrons. The summed E-state index contributed by atoms with van der Waals surface area (Å²) in [5.41, 5.74) is 4.50. The molecule has 0 fully saturated rings. The lowest BCUT2D eigenvalue weighted by Crippen LogP contribution is -1.69. The first-order valence-corrected chi connectivity index (χ1v) is 2.83. The number of rotatable bonds is 0. The van der Waals surface area contributed by atoms with Gasteiger partial charge in [-0.25, -0.2) is 0 Å². The lowest BCUT2D eigenvalue weighted by atomic mass is 11.3. The van der Waals surface area contributed by atoms with E-state index in [0.29, 0.717) is 0 Å². The molecule has 0 unspecified atom stereocenters. The summed E-state index contributed by atoms with van der Waals surface area (Å²) in [4.78, 5) is 14.2. The van der Waals surface area contributed by atoms with E-state index in [0.717, 1.165) is 0 Å². The van der Waals surface area contributed by atoms with Gasteiger partial charge in [-0.1, -0.05) is 0 Å². The molecule has 50 valence electrons. The van der Waals surface area contributed by atoms with Gasteiger partial charge in [0.15, 0.2) is 0 Å². The van der Waals surface area contributed by atoms with Crippen LogP contribution in [0.1, 0.15) is 0 Å². The molecule has 0 heterocycles. The summed E-state index contributed by atoms with van der Waals surface area (Å²) in [6.45, 7) is 6.00. The van der Waals surface area contributed by atoms with Crippen LogP contribution >= 0.6 is 8.25 Å². The molecule has 0 spiro atoms. The molecule has 0 aliphatic carbocycles. The van der Waals surface area contributed by atoms with E-state index >= 15 is 0 Å². The van der Waals surface area contributed by atoms with Gasteiger partial charge in [0.25, 0.3) is 0 Å². The predicted molar refractivity (Wildman–Crippen MR) is 33.4 cm³/mol. The first-order chi connectivity index (χ1) is 3.73.